The molecule has 1 saturated carbocycles. The van der Waals surface area contributed by atoms with Crippen molar-refractivity contribution in [2.45, 2.75) is 44.9 Å². The number of amides is 3. The second-order valence-corrected chi connectivity index (χ2v) is 11.2. The Balaban J connectivity index is 1.26. The zero-order chi connectivity index (χ0) is 28.1. The number of hydrogen-bond donors (Lipinski definition) is 1. The van der Waals surface area contributed by atoms with E-state index in [1.165, 1.54) is 17.9 Å². The number of pyridine rings is 1. The maximum absolute atomic E-state index is 15.1. The molecule has 0 bridgehead atoms. The van der Waals surface area contributed by atoms with Gasteiger partial charge in [0.15, 0.2) is 0 Å². The van der Waals surface area contributed by atoms with E-state index in [0.29, 0.717) is 35.6 Å². The number of carbonyl (C=O) groups is 3. The number of nitrogens with one attached hydrogen (secondary N) is 1. The lowest BCUT2D eigenvalue weighted by Crippen LogP contribution is -2.38. The zero-order valence-electron chi connectivity index (χ0n) is 22.2. The molecule has 2 saturated heterocycles. The van der Waals surface area contributed by atoms with Gasteiger partial charge in [0.25, 0.3) is 5.54 Å². The first-order valence-corrected chi connectivity index (χ1v) is 12.8. The van der Waals surface area contributed by atoms with Gasteiger partial charge in [-0.3, -0.25) is 14.7 Å². The van der Waals surface area contributed by atoms with Crippen LogP contribution < -0.4 is 10.2 Å². The first-order valence-electron chi connectivity index (χ1n) is 12.8. The van der Waals surface area contributed by atoms with Gasteiger partial charge in [0.05, 0.1) is 30.6 Å². The van der Waals surface area contributed by atoms with Crippen molar-refractivity contribution in [1.82, 2.24) is 15.2 Å². The number of ether oxygens (including phenoxy) is 2. The molecule has 39 heavy (non-hydrogen) atoms. The minimum atomic E-state index is -0.788. The molecule has 1 aromatic carbocycles. The summed E-state index contributed by atoms with van der Waals surface area (Å²) in [5.41, 5.74) is 0.439. The van der Waals surface area contributed by atoms with Crippen LogP contribution in [0.15, 0.2) is 36.5 Å². The predicted molar refractivity (Wildman–Crippen MR) is 139 cm³/mol. The average Bonchev–Trinajstić information content (AvgIpc) is 3.15. The van der Waals surface area contributed by atoms with Crippen LogP contribution in [-0.4, -0.2) is 65.9 Å². The second-order valence-electron chi connectivity index (χ2n) is 11.2. The minimum Gasteiger partial charge on any atom is -0.444 e. The highest BCUT2D eigenvalue weighted by Crippen LogP contribution is 2.64. The molecule has 0 spiro atoms. The van der Waals surface area contributed by atoms with Crippen LogP contribution in [0.3, 0.4) is 0 Å². The number of likely N-dealkylation sites (tertiary alicyclic amines) is 1. The Morgan fingerprint density at radius 1 is 1.23 bits per heavy atom. The maximum Gasteiger partial charge on any atom is 0.414 e. The van der Waals surface area contributed by atoms with Gasteiger partial charge < -0.3 is 24.5 Å². The Morgan fingerprint density at radius 3 is 2.51 bits per heavy atom. The summed E-state index contributed by atoms with van der Waals surface area (Å²) < 4.78 is 25.9. The minimum absolute atomic E-state index is 0.0217. The van der Waals surface area contributed by atoms with Crippen LogP contribution in [0.4, 0.5) is 19.7 Å². The molecule has 204 valence electrons. The van der Waals surface area contributed by atoms with Crippen LogP contribution in [0.2, 0.25) is 0 Å². The van der Waals surface area contributed by atoms with E-state index in [4.69, 9.17) is 16.0 Å². The van der Waals surface area contributed by atoms with Gasteiger partial charge in [0.1, 0.15) is 23.2 Å². The van der Waals surface area contributed by atoms with Crippen molar-refractivity contribution in [2.75, 3.05) is 31.1 Å². The SMILES string of the molecule is [C-]#[N+]C1(c2ccc(-c3ccc(N4C[C@H](CNC(C)=O)OC4=O)cc3F)cn2)[C@@H]2CN(C(=O)OC(C)(C)C)C[C@@H]21. The summed E-state index contributed by atoms with van der Waals surface area (Å²) in [6.45, 7) is 16.0. The molecule has 1 N–H and O–H groups in total. The molecule has 0 radical (unpaired) electrons. The summed E-state index contributed by atoms with van der Waals surface area (Å²) in [5.74, 6) is -0.802. The van der Waals surface area contributed by atoms with Gasteiger partial charge in [-0.05, 0) is 45.0 Å². The highest BCUT2D eigenvalue weighted by atomic mass is 19.1. The van der Waals surface area contributed by atoms with Gasteiger partial charge in [-0.25, -0.2) is 20.6 Å². The third-order valence-corrected chi connectivity index (χ3v) is 7.38. The number of fused-ring (bicyclic) bond motifs is 1. The summed E-state index contributed by atoms with van der Waals surface area (Å²) >= 11 is 0. The number of rotatable bonds is 5. The molecule has 1 aliphatic carbocycles. The Bertz CT molecular complexity index is 1350. The number of benzene rings is 1. The third kappa shape index (κ3) is 4.87. The van der Waals surface area contributed by atoms with E-state index in [2.05, 4.69) is 15.1 Å². The number of hydrogen-bond acceptors (Lipinski definition) is 6. The van der Waals surface area contributed by atoms with Crippen LogP contribution in [-0.2, 0) is 19.8 Å². The number of cyclic esters (lactones) is 1. The van der Waals surface area contributed by atoms with Crippen molar-refractivity contribution in [2.24, 2.45) is 11.8 Å². The van der Waals surface area contributed by atoms with E-state index in [1.54, 1.807) is 35.4 Å². The molecule has 11 heteroatoms. The molecule has 3 amide bonds. The Morgan fingerprint density at radius 2 is 1.95 bits per heavy atom. The summed E-state index contributed by atoms with van der Waals surface area (Å²) in [6.07, 6.45) is 0.0522. The molecular weight excluding hydrogens is 505 g/mol. The van der Waals surface area contributed by atoms with Crippen LogP contribution in [0.5, 0.6) is 0 Å². The van der Waals surface area contributed by atoms with Gasteiger partial charge >= 0.3 is 12.2 Å². The molecular formula is C28H30FN5O5. The van der Waals surface area contributed by atoms with Crippen LogP contribution >= 0.6 is 0 Å². The van der Waals surface area contributed by atoms with E-state index in [-0.39, 0.29) is 36.9 Å². The van der Waals surface area contributed by atoms with E-state index < -0.39 is 29.2 Å². The molecule has 2 aromatic rings. The molecule has 4 atom stereocenters. The zero-order valence-corrected chi connectivity index (χ0v) is 22.2. The van der Waals surface area contributed by atoms with E-state index in [0.717, 1.165) is 0 Å². The number of piperidine rings is 1. The molecule has 10 nitrogen and oxygen atoms in total. The molecule has 3 fully saturated rings. The Kier molecular flexibility index (Phi) is 6.45. The van der Waals surface area contributed by atoms with Crippen molar-refractivity contribution in [3.63, 3.8) is 0 Å². The Labute approximate surface area is 225 Å². The van der Waals surface area contributed by atoms with E-state index in [9.17, 15) is 14.4 Å². The molecule has 2 aliphatic heterocycles. The van der Waals surface area contributed by atoms with Crippen molar-refractivity contribution < 1.29 is 28.2 Å². The highest BCUT2D eigenvalue weighted by Gasteiger charge is 2.78. The van der Waals surface area contributed by atoms with Gasteiger partial charge in [0.2, 0.25) is 5.91 Å². The van der Waals surface area contributed by atoms with Gasteiger partial charge in [-0.2, -0.15) is 0 Å². The van der Waals surface area contributed by atoms with Crippen molar-refractivity contribution >= 4 is 23.8 Å². The van der Waals surface area contributed by atoms with Crippen molar-refractivity contribution in [3.8, 4) is 11.1 Å². The van der Waals surface area contributed by atoms with Gasteiger partial charge in [-0.1, -0.05) is 6.07 Å². The number of nitrogens with zero attached hydrogens (tertiary/aromatic N) is 4. The van der Waals surface area contributed by atoms with E-state index >= 15 is 4.39 Å². The summed E-state index contributed by atoms with van der Waals surface area (Å²) in [4.78, 5) is 47.3. The van der Waals surface area contributed by atoms with Crippen LogP contribution in [0.1, 0.15) is 33.4 Å². The predicted octanol–water partition coefficient (Wildman–Crippen LogP) is 3.96. The Hall–Kier alpha value is -4.20. The molecule has 5 rings (SSSR count). The maximum atomic E-state index is 15.1. The smallest absolute Gasteiger partial charge is 0.414 e. The average molecular weight is 536 g/mol. The normalized spacial score (nSPS) is 25.5. The number of anilines is 1. The van der Waals surface area contributed by atoms with Crippen molar-refractivity contribution in [3.05, 3.63) is 59.5 Å². The summed E-state index contributed by atoms with van der Waals surface area (Å²) in [5, 5.41) is 2.61. The standard InChI is InChI=1S/C28H30FN5O5/c1-16(35)31-12-19-13-34(26(37)38-19)18-7-8-20(23(29)10-18)17-6-9-24(32-11-17)28(30-5)21-14-33(15-22(21)28)25(36)39-27(2,3)4/h6-11,19,21-22H,12-15H2,1-4H3,(H,31,35)/t19-,21-,22+,28?/m0/s1. The fourth-order valence-corrected chi connectivity index (χ4v) is 5.47. The van der Waals surface area contributed by atoms with Gasteiger partial charge in [-0.15, -0.1) is 0 Å². The lowest BCUT2D eigenvalue weighted by Gasteiger charge is -2.26. The molecule has 3 heterocycles. The fourth-order valence-electron chi connectivity index (χ4n) is 5.47. The third-order valence-electron chi connectivity index (χ3n) is 7.38. The highest BCUT2D eigenvalue weighted by molar-refractivity contribution is 5.90. The topological polar surface area (TPSA) is 105 Å². The largest absolute Gasteiger partial charge is 0.444 e. The molecule has 3 aliphatic rings. The van der Waals surface area contributed by atoms with Crippen LogP contribution in [0.25, 0.3) is 16.0 Å². The molecule has 1 aromatic heterocycles. The quantitative estimate of drug-likeness (QED) is 0.581. The summed E-state index contributed by atoms with van der Waals surface area (Å²) in [6, 6.07) is 7.96. The summed E-state index contributed by atoms with van der Waals surface area (Å²) in [7, 11) is 0. The lowest BCUT2D eigenvalue weighted by atomic mass is 10.0. The first-order chi connectivity index (χ1) is 18.4. The molecule has 1 unspecified atom stereocenters. The number of carbonyl (C=O) groups excluding carboxylic acids is 3. The van der Waals surface area contributed by atoms with Crippen LogP contribution in [0, 0.1) is 24.2 Å². The van der Waals surface area contributed by atoms with E-state index in [1.807, 2.05) is 20.8 Å². The number of aromatic nitrogens is 1. The monoisotopic (exact) mass is 535 g/mol. The fraction of sp³-hybridized carbons (Fsp3) is 0.464. The van der Waals surface area contributed by atoms with Crippen molar-refractivity contribution in [1.29, 1.82) is 0 Å². The number of halogens is 1. The van der Waals surface area contributed by atoms with Gasteiger partial charge in [0, 0.05) is 37.3 Å². The lowest BCUT2D eigenvalue weighted by molar-refractivity contribution is -0.119. The first kappa shape index (κ1) is 26.4. The second kappa shape index (κ2) is 9.52.